The summed E-state index contributed by atoms with van der Waals surface area (Å²) in [5.74, 6) is 0. The van der Waals surface area contributed by atoms with Gasteiger partial charge in [0.2, 0.25) is 0 Å². The fourth-order valence-electron chi connectivity index (χ4n) is 1.74. The molecule has 0 fully saturated rings. The van der Waals surface area contributed by atoms with Crippen LogP contribution in [0.25, 0.3) is 0 Å². The van der Waals surface area contributed by atoms with Gasteiger partial charge in [-0.15, -0.1) is 0 Å². The van der Waals surface area contributed by atoms with Crippen LogP contribution in [-0.2, 0) is 9.23 Å². The molecule has 0 bridgehead atoms. The van der Waals surface area contributed by atoms with Crippen LogP contribution in [0.5, 0.6) is 0 Å². The van der Waals surface area contributed by atoms with Gasteiger partial charge in [-0.05, 0) is 0 Å². The Hall–Kier alpha value is 0.756. The van der Waals surface area contributed by atoms with Gasteiger partial charge < -0.3 is 0 Å². The van der Waals surface area contributed by atoms with E-state index in [-0.39, 0.29) is 7.87 Å². The average Bonchev–Trinajstić information content (AvgIpc) is 2.97. The summed E-state index contributed by atoms with van der Waals surface area (Å²) < 4.78 is 35.8. The molecule has 0 aliphatic heterocycles. The fraction of sp³-hybridized carbons (Fsp3) is 0.200. The molecule has 0 saturated carbocycles. The van der Waals surface area contributed by atoms with E-state index < -0.39 is 62.0 Å². The zero-order chi connectivity index (χ0) is 11.5. The fourth-order valence-corrected chi connectivity index (χ4v) is 11.7. The molecule has 3 nitrogen and oxygen atoms in total. The van der Waals surface area contributed by atoms with Gasteiger partial charge in [0.05, 0.1) is 0 Å². The summed E-state index contributed by atoms with van der Waals surface area (Å²) >= 11 is -6.05. The molecule has 2 aliphatic carbocycles. The Morgan fingerprint density at radius 1 is 0.938 bits per heavy atom. The first kappa shape index (κ1) is 13.2. The Morgan fingerprint density at radius 2 is 1.38 bits per heavy atom. The van der Waals surface area contributed by atoms with E-state index in [0.29, 0.717) is 0 Å². The van der Waals surface area contributed by atoms with Crippen molar-refractivity contribution >= 4 is 62.0 Å². The molecule has 0 amide bonds. The minimum atomic E-state index is -2.81. The van der Waals surface area contributed by atoms with Crippen LogP contribution in [0.4, 0.5) is 0 Å². The Morgan fingerprint density at radius 3 is 1.69 bits per heavy atom. The van der Waals surface area contributed by atoms with Crippen LogP contribution in [-0.4, -0.2) is 62.0 Å². The van der Waals surface area contributed by atoms with Crippen molar-refractivity contribution in [1.82, 2.24) is 0 Å². The van der Waals surface area contributed by atoms with Crippen LogP contribution in [0.3, 0.4) is 0 Å². The van der Waals surface area contributed by atoms with E-state index in [1.54, 1.807) is 0 Å². The Labute approximate surface area is 121 Å². The first-order chi connectivity index (χ1) is 7.74. The standard InChI is InChI=1S/2C5H4.3O.3Sn/c2*1-2-4-5-3-1;;;;;;/h2*1-4H;;;;;;. The van der Waals surface area contributed by atoms with Crippen LogP contribution in [0.1, 0.15) is 0 Å². The third-order valence-electron chi connectivity index (χ3n) is 2.58. The third kappa shape index (κ3) is 2.95. The van der Waals surface area contributed by atoms with Crippen LogP contribution in [0, 0.1) is 0 Å². The van der Waals surface area contributed by atoms with Crippen molar-refractivity contribution in [2.45, 2.75) is 7.87 Å². The van der Waals surface area contributed by atoms with E-state index in [4.69, 9.17) is 0 Å². The van der Waals surface area contributed by atoms with Crippen molar-refractivity contribution < 1.29 is 9.23 Å². The van der Waals surface area contributed by atoms with Gasteiger partial charge in [0.1, 0.15) is 0 Å². The van der Waals surface area contributed by atoms with Crippen molar-refractivity contribution in [2.24, 2.45) is 0 Å². The molecule has 2 rings (SSSR count). The quantitative estimate of drug-likeness (QED) is 0.511. The van der Waals surface area contributed by atoms with Crippen LogP contribution in [0.15, 0.2) is 43.6 Å². The molecule has 2 aliphatic rings. The molecule has 0 N–H and O–H groups in total. The molecule has 0 heterocycles. The average molecular weight is 532 g/mol. The van der Waals surface area contributed by atoms with Gasteiger partial charge in [0.15, 0.2) is 0 Å². The van der Waals surface area contributed by atoms with E-state index in [9.17, 15) is 9.23 Å². The summed E-state index contributed by atoms with van der Waals surface area (Å²) in [6.45, 7) is 0. The number of rotatable bonds is 4. The molecule has 0 aromatic heterocycles. The van der Waals surface area contributed by atoms with Crippen molar-refractivity contribution in [3.8, 4) is 0 Å². The van der Waals surface area contributed by atoms with Crippen LogP contribution in [0.2, 0.25) is 7.87 Å². The zero-order valence-electron chi connectivity index (χ0n) is 8.34. The summed E-state index contributed by atoms with van der Waals surface area (Å²) in [7, 11) is 0. The van der Waals surface area contributed by atoms with E-state index in [0.717, 1.165) is 7.18 Å². The van der Waals surface area contributed by atoms with Gasteiger partial charge in [-0.1, -0.05) is 0 Å². The Bertz CT molecular complexity index is 432. The maximum atomic E-state index is 12.3. The first-order valence-corrected chi connectivity index (χ1v) is 14.5. The molecular weight excluding hydrogens is 524 g/mol. The normalized spacial score (nSPS) is 26.5. The van der Waals surface area contributed by atoms with Crippen molar-refractivity contribution in [3.05, 3.63) is 43.6 Å². The molecule has 0 aromatic rings. The summed E-state index contributed by atoms with van der Waals surface area (Å²) in [5, 5.41) is 0. The van der Waals surface area contributed by atoms with Crippen LogP contribution >= 0.6 is 0 Å². The first-order valence-electron chi connectivity index (χ1n) is 4.84. The predicted molar refractivity (Wildman–Crippen MR) is 61.3 cm³/mol. The topological polar surface area (TPSA) is 51.2 Å². The predicted octanol–water partition coefficient (Wildman–Crippen LogP) is 1.16. The number of hydrogen-bond acceptors (Lipinski definition) is 3. The van der Waals surface area contributed by atoms with Gasteiger partial charge in [0, 0.05) is 0 Å². The van der Waals surface area contributed by atoms with Crippen molar-refractivity contribution in [1.29, 1.82) is 0 Å². The monoisotopic (exact) mass is 536 g/mol. The van der Waals surface area contributed by atoms with Gasteiger partial charge in [-0.3, -0.25) is 0 Å². The number of allylic oxidation sites excluding steroid dienone is 8. The Kier molecular flexibility index (Phi) is 5.01. The summed E-state index contributed by atoms with van der Waals surface area (Å²) in [4.78, 5) is 0. The van der Waals surface area contributed by atoms with Gasteiger partial charge in [-0.2, -0.15) is 0 Å². The molecular formula is C10H8O3Sn3. The molecule has 78 valence electrons. The van der Waals surface area contributed by atoms with Gasteiger partial charge in [0.25, 0.3) is 0 Å². The second-order valence-corrected chi connectivity index (χ2v) is 14.2. The molecule has 2 unspecified atom stereocenters. The molecule has 16 heavy (non-hydrogen) atoms. The molecule has 2 atom stereocenters. The number of hydrogen-bond donors (Lipinski definition) is 0. The maximum absolute atomic E-state index is 12.3. The minimum absolute atomic E-state index is 0.0366. The van der Waals surface area contributed by atoms with Crippen molar-refractivity contribution in [3.63, 3.8) is 0 Å². The summed E-state index contributed by atoms with van der Waals surface area (Å²) in [6, 6.07) is 0. The summed E-state index contributed by atoms with van der Waals surface area (Å²) in [6.07, 6.45) is 11.4. The van der Waals surface area contributed by atoms with E-state index in [1.807, 2.05) is 36.5 Å². The SMILES string of the molecule is [O]=[Sn][C]1=C[CH]([Sn](=[O])[CH]2C=C[C]([Sn]=[O])=C2)C=C1. The zero-order valence-corrected chi connectivity index (χ0v) is 16.9. The molecule has 0 saturated heterocycles. The van der Waals surface area contributed by atoms with E-state index in [1.165, 1.54) is 0 Å². The molecule has 0 aromatic carbocycles. The summed E-state index contributed by atoms with van der Waals surface area (Å²) in [5.41, 5.74) is 0. The molecule has 2 radical (unpaired) electrons. The second-order valence-electron chi connectivity index (χ2n) is 3.62. The van der Waals surface area contributed by atoms with Gasteiger partial charge in [-0.25, -0.2) is 0 Å². The van der Waals surface area contributed by atoms with Crippen molar-refractivity contribution in [2.75, 3.05) is 0 Å². The third-order valence-corrected chi connectivity index (χ3v) is 11.6. The van der Waals surface area contributed by atoms with E-state index >= 15 is 0 Å². The Balaban J connectivity index is 2.12. The molecule has 6 heteroatoms. The molecule has 0 spiro atoms. The van der Waals surface area contributed by atoms with Gasteiger partial charge >= 0.3 is 123 Å². The van der Waals surface area contributed by atoms with Crippen LogP contribution < -0.4 is 0 Å². The second kappa shape index (κ2) is 6.08. The van der Waals surface area contributed by atoms with E-state index in [2.05, 4.69) is 0 Å².